The summed E-state index contributed by atoms with van der Waals surface area (Å²) < 4.78 is 119. The number of anilines is 1. The van der Waals surface area contributed by atoms with E-state index < -0.39 is 86.5 Å². The Morgan fingerprint density at radius 1 is 0.886 bits per heavy atom. The van der Waals surface area contributed by atoms with Gasteiger partial charge in [0.1, 0.15) is 6.54 Å². The second-order valence-electron chi connectivity index (χ2n) is 10.2. The summed E-state index contributed by atoms with van der Waals surface area (Å²) in [5, 5.41) is 2.00. The van der Waals surface area contributed by atoms with Crippen molar-refractivity contribution < 1.29 is 53.9 Å². The molecule has 0 saturated carbocycles. The molecule has 3 N–H and O–H groups in total. The number of benzodiazepines with no additional fused rings is 1. The van der Waals surface area contributed by atoms with E-state index in [1.165, 1.54) is 30.3 Å². The Balaban J connectivity index is 2.13. The fourth-order valence-corrected chi connectivity index (χ4v) is 4.79. The third-order valence-electron chi connectivity index (χ3n) is 6.79. The molecule has 1 aliphatic heterocycles. The Labute approximate surface area is 245 Å². The average molecular weight is 639 g/mol. The van der Waals surface area contributed by atoms with Crippen LogP contribution in [0.4, 0.5) is 45.2 Å². The zero-order chi connectivity index (χ0) is 33.0. The van der Waals surface area contributed by atoms with Crippen molar-refractivity contribution in [2.24, 2.45) is 22.6 Å². The molecule has 44 heavy (non-hydrogen) atoms. The number of carbonyl (C=O) groups excluding carboxylic acids is 3. The molecule has 7 nitrogen and oxygen atoms in total. The zero-order valence-corrected chi connectivity index (χ0v) is 23.0. The van der Waals surface area contributed by atoms with Gasteiger partial charge in [-0.3, -0.25) is 19.3 Å². The highest BCUT2D eigenvalue weighted by atomic mass is 19.4. The van der Waals surface area contributed by atoms with Gasteiger partial charge in [-0.2, -0.15) is 39.5 Å². The van der Waals surface area contributed by atoms with Crippen molar-refractivity contribution in [2.45, 2.75) is 57.3 Å². The topological polar surface area (TPSA) is 105 Å². The highest BCUT2D eigenvalue weighted by Gasteiger charge is 2.43. The maximum Gasteiger partial charge on any atom is 0.406 e. The molecule has 0 fully saturated rings. The SMILES string of the molecule is Cc1ccc2c(c1)C(c1ccccc1)=N[C@H](NC(=O)[C@H](CCC(F)(F)F)[C@H](CCC(F)(F)F)C(N)=O)C(=O)N2CC(F)(F)F. The largest absolute Gasteiger partial charge is 0.406 e. The minimum Gasteiger partial charge on any atom is -0.369 e. The molecule has 0 unspecified atom stereocenters. The molecule has 0 aromatic heterocycles. The van der Waals surface area contributed by atoms with Crippen molar-refractivity contribution in [1.82, 2.24) is 5.32 Å². The molecule has 3 rings (SSSR count). The highest BCUT2D eigenvalue weighted by Crippen LogP contribution is 2.34. The lowest BCUT2D eigenvalue weighted by atomic mass is 9.83. The molecular formula is C28H27F9N4O3. The van der Waals surface area contributed by atoms with E-state index in [4.69, 9.17) is 5.73 Å². The second kappa shape index (κ2) is 13.3. The van der Waals surface area contributed by atoms with Gasteiger partial charge in [0, 0.05) is 35.8 Å². The standard InChI is InChI=1S/C28H27F9N4O3/c1-15-7-8-20-19(13-15)21(16-5-3-2-4-6-16)39-23(25(44)41(20)14-28(35,36)37)40-24(43)18(10-12-27(32,33)34)17(22(38)42)9-11-26(29,30)31/h2-8,13,17-18,23H,9-12,14H2,1H3,(H2,38,42)(H,40,43)/t17-,18+,23+/m0/s1. The summed E-state index contributed by atoms with van der Waals surface area (Å²) in [4.78, 5) is 43.6. The quantitative estimate of drug-likeness (QED) is 0.332. The van der Waals surface area contributed by atoms with E-state index in [0.29, 0.717) is 16.0 Å². The number of nitrogens with two attached hydrogens (primary N) is 1. The normalized spacial score (nSPS) is 17.3. The number of alkyl halides is 9. The van der Waals surface area contributed by atoms with Crippen molar-refractivity contribution in [1.29, 1.82) is 0 Å². The monoisotopic (exact) mass is 638 g/mol. The lowest BCUT2D eigenvalue weighted by molar-refractivity contribution is -0.152. The van der Waals surface area contributed by atoms with Crippen LogP contribution in [0, 0.1) is 18.8 Å². The minimum absolute atomic E-state index is 0.0528. The van der Waals surface area contributed by atoms with Gasteiger partial charge in [-0.25, -0.2) is 4.99 Å². The number of amides is 3. The number of aryl methyl sites for hydroxylation is 1. The number of benzene rings is 2. The molecule has 3 atom stereocenters. The molecule has 240 valence electrons. The third-order valence-corrected chi connectivity index (χ3v) is 6.79. The van der Waals surface area contributed by atoms with Gasteiger partial charge in [-0.05, 0) is 31.9 Å². The summed E-state index contributed by atoms with van der Waals surface area (Å²) in [5.41, 5.74) is 5.85. The Hall–Kier alpha value is -4.11. The van der Waals surface area contributed by atoms with Gasteiger partial charge >= 0.3 is 18.5 Å². The zero-order valence-electron chi connectivity index (χ0n) is 23.0. The van der Waals surface area contributed by atoms with E-state index in [1.807, 2.05) is 5.32 Å². The molecule has 0 bridgehead atoms. The van der Waals surface area contributed by atoms with Crippen molar-refractivity contribution in [3.05, 3.63) is 65.2 Å². The Morgan fingerprint density at radius 2 is 1.45 bits per heavy atom. The number of hydrogen-bond acceptors (Lipinski definition) is 4. The highest BCUT2D eigenvalue weighted by molar-refractivity contribution is 6.20. The van der Waals surface area contributed by atoms with E-state index in [2.05, 4.69) is 4.99 Å². The van der Waals surface area contributed by atoms with Gasteiger partial charge in [-0.1, -0.05) is 42.0 Å². The van der Waals surface area contributed by atoms with Crippen LogP contribution in [-0.2, 0) is 14.4 Å². The first-order valence-electron chi connectivity index (χ1n) is 13.1. The van der Waals surface area contributed by atoms with Crippen LogP contribution in [0.5, 0.6) is 0 Å². The molecule has 0 aliphatic carbocycles. The Kier molecular flexibility index (Phi) is 10.4. The molecule has 1 heterocycles. The first kappa shape index (κ1) is 34.4. The molecule has 0 radical (unpaired) electrons. The van der Waals surface area contributed by atoms with Crippen LogP contribution in [0.2, 0.25) is 0 Å². The van der Waals surface area contributed by atoms with Crippen LogP contribution < -0.4 is 16.0 Å². The van der Waals surface area contributed by atoms with Crippen LogP contribution in [-0.4, -0.2) is 54.7 Å². The first-order chi connectivity index (χ1) is 20.3. The van der Waals surface area contributed by atoms with Gasteiger partial charge in [0.15, 0.2) is 0 Å². The van der Waals surface area contributed by atoms with Gasteiger partial charge in [-0.15, -0.1) is 0 Å². The van der Waals surface area contributed by atoms with Crippen LogP contribution in [0.25, 0.3) is 0 Å². The molecule has 3 amide bonds. The number of rotatable bonds is 10. The lowest BCUT2D eigenvalue weighted by Crippen LogP contribution is -2.52. The average Bonchev–Trinajstić information content (AvgIpc) is 2.99. The summed E-state index contributed by atoms with van der Waals surface area (Å²) in [7, 11) is 0. The van der Waals surface area contributed by atoms with Crippen LogP contribution in [0.15, 0.2) is 53.5 Å². The van der Waals surface area contributed by atoms with Gasteiger partial charge in [0.2, 0.25) is 18.0 Å². The molecule has 2 aromatic carbocycles. The number of primary amides is 1. The maximum atomic E-state index is 13.7. The Bertz CT molecular complexity index is 1390. The van der Waals surface area contributed by atoms with E-state index in [-0.39, 0.29) is 17.0 Å². The van der Waals surface area contributed by atoms with Crippen LogP contribution in [0.1, 0.15) is 42.4 Å². The van der Waals surface area contributed by atoms with E-state index in [0.717, 1.165) is 0 Å². The maximum absolute atomic E-state index is 13.7. The molecule has 2 aromatic rings. The second-order valence-corrected chi connectivity index (χ2v) is 10.2. The number of aliphatic imine (C=N–C) groups is 1. The molecular weight excluding hydrogens is 611 g/mol. The number of fused-ring (bicyclic) bond motifs is 1. The fraction of sp³-hybridized carbons (Fsp3) is 0.429. The van der Waals surface area contributed by atoms with Gasteiger partial charge in [0.05, 0.1) is 11.4 Å². The lowest BCUT2D eigenvalue weighted by Gasteiger charge is -2.29. The Morgan fingerprint density at radius 3 is 1.98 bits per heavy atom. The van der Waals surface area contributed by atoms with Crippen LogP contribution in [0.3, 0.4) is 0 Å². The van der Waals surface area contributed by atoms with Crippen molar-refractivity contribution in [3.63, 3.8) is 0 Å². The van der Waals surface area contributed by atoms with Crippen molar-refractivity contribution in [3.8, 4) is 0 Å². The third kappa shape index (κ3) is 9.44. The molecule has 1 aliphatic rings. The number of halogens is 9. The van der Waals surface area contributed by atoms with E-state index in [9.17, 15) is 53.9 Å². The van der Waals surface area contributed by atoms with Crippen LogP contribution >= 0.6 is 0 Å². The van der Waals surface area contributed by atoms with Crippen molar-refractivity contribution >= 4 is 29.1 Å². The van der Waals surface area contributed by atoms with E-state index >= 15 is 0 Å². The molecule has 16 heteroatoms. The number of hydrogen-bond donors (Lipinski definition) is 2. The van der Waals surface area contributed by atoms with E-state index in [1.54, 1.807) is 25.1 Å². The predicted molar refractivity (Wildman–Crippen MR) is 140 cm³/mol. The van der Waals surface area contributed by atoms with Gasteiger partial charge < -0.3 is 11.1 Å². The minimum atomic E-state index is -4.95. The first-order valence-corrected chi connectivity index (χ1v) is 13.1. The fourth-order valence-electron chi connectivity index (χ4n) is 4.79. The predicted octanol–water partition coefficient (Wildman–Crippen LogP) is 5.59. The smallest absolute Gasteiger partial charge is 0.369 e. The summed E-state index contributed by atoms with van der Waals surface area (Å²) in [6, 6.07) is 11.9. The molecule has 0 saturated heterocycles. The summed E-state index contributed by atoms with van der Waals surface area (Å²) in [6.07, 6.45) is -22.6. The summed E-state index contributed by atoms with van der Waals surface area (Å²) in [5.74, 6) is -8.61. The number of carbonyl (C=O) groups is 3. The number of nitrogens with one attached hydrogen (secondary N) is 1. The summed E-state index contributed by atoms with van der Waals surface area (Å²) in [6.45, 7) is -0.210. The van der Waals surface area contributed by atoms with Crippen molar-refractivity contribution in [2.75, 3.05) is 11.4 Å². The van der Waals surface area contributed by atoms with Gasteiger partial charge in [0.25, 0.3) is 5.91 Å². The molecule has 0 spiro atoms. The summed E-state index contributed by atoms with van der Waals surface area (Å²) >= 11 is 0. The number of nitrogens with zero attached hydrogens (tertiary/aromatic N) is 2.